The Labute approximate surface area is 135 Å². The van der Waals surface area contributed by atoms with Crippen LogP contribution in [0, 0.1) is 12.7 Å². The Morgan fingerprint density at radius 1 is 1.14 bits per heavy atom. The third-order valence-electron chi connectivity index (χ3n) is 3.52. The standard InChI is InChI=1S/C17H18Cl2FN/c1-3-21-17(15-10-13(18)5-7-16(15)19)9-12-8-14(20)6-4-11(12)2/h4-8,10,17,21H,3,9H2,1-2H3. The van der Waals surface area contributed by atoms with Crippen molar-refractivity contribution in [3.05, 3.63) is 69.0 Å². The van der Waals surface area contributed by atoms with E-state index in [1.54, 1.807) is 24.3 Å². The first-order valence-electron chi connectivity index (χ1n) is 6.94. The topological polar surface area (TPSA) is 12.0 Å². The van der Waals surface area contributed by atoms with Crippen molar-refractivity contribution in [1.82, 2.24) is 5.32 Å². The molecular weight excluding hydrogens is 308 g/mol. The van der Waals surface area contributed by atoms with E-state index in [0.29, 0.717) is 16.5 Å². The van der Waals surface area contributed by atoms with Crippen LogP contribution in [-0.4, -0.2) is 6.54 Å². The lowest BCUT2D eigenvalue weighted by Gasteiger charge is -2.21. The zero-order chi connectivity index (χ0) is 15.4. The fraction of sp³-hybridized carbons (Fsp3) is 0.294. The second-order valence-corrected chi connectivity index (χ2v) is 5.89. The Balaban J connectivity index is 2.35. The van der Waals surface area contributed by atoms with Crippen molar-refractivity contribution in [2.24, 2.45) is 0 Å². The van der Waals surface area contributed by atoms with Crippen molar-refractivity contribution in [1.29, 1.82) is 0 Å². The lowest BCUT2D eigenvalue weighted by molar-refractivity contribution is 0.545. The number of rotatable bonds is 5. The van der Waals surface area contributed by atoms with Crippen LogP contribution in [0.4, 0.5) is 4.39 Å². The highest BCUT2D eigenvalue weighted by molar-refractivity contribution is 6.33. The van der Waals surface area contributed by atoms with Crippen LogP contribution in [0.2, 0.25) is 10.0 Å². The van der Waals surface area contributed by atoms with Crippen LogP contribution in [0.5, 0.6) is 0 Å². The van der Waals surface area contributed by atoms with Gasteiger partial charge in [-0.25, -0.2) is 4.39 Å². The average Bonchev–Trinajstić information content (AvgIpc) is 2.45. The maximum absolute atomic E-state index is 13.5. The summed E-state index contributed by atoms with van der Waals surface area (Å²) in [6.07, 6.45) is 0.664. The summed E-state index contributed by atoms with van der Waals surface area (Å²) in [6.45, 7) is 4.81. The number of hydrogen-bond acceptors (Lipinski definition) is 1. The van der Waals surface area contributed by atoms with Gasteiger partial charge in [0.25, 0.3) is 0 Å². The molecule has 112 valence electrons. The zero-order valence-electron chi connectivity index (χ0n) is 12.1. The predicted molar refractivity (Wildman–Crippen MR) is 87.7 cm³/mol. The molecule has 1 atom stereocenters. The molecule has 2 rings (SSSR count). The first kappa shape index (κ1) is 16.3. The fourth-order valence-corrected chi connectivity index (χ4v) is 2.83. The van der Waals surface area contributed by atoms with E-state index < -0.39 is 0 Å². The van der Waals surface area contributed by atoms with E-state index in [9.17, 15) is 4.39 Å². The fourth-order valence-electron chi connectivity index (χ4n) is 2.40. The Hall–Kier alpha value is -1.09. The molecule has 2 aromatic carbocycles. The van der Waals surface area contributed by atoms with E-state index in [-0.39, 0.29) is 11.9 Å². The highest BCUT2D eigenvalue weighted by Crippen LogP contribution is 2.29. The number of likely N-dealkylation sites (N-methyl/N-ethyl adjacent to an activating group) is 1. The van der Waals surface area contributed by atoms with Gasteiger partial charge in [-0.05, 0) is 66.9 Å². The first-order valence-corrected chi connectivity index (χ1v) is 7.70. The molecule has 0 amide bonds. The molecule has 4 heteroatoms. The molecule has 0 aliphatic heterocycles. The lowest BCUT2D eigenvalue weighted by Crippen LogP contribution is -2.23. The molecular formula is C17H18Cl2FN. The summed E-state index contributed by atoms with van der Waals surface area (Å²) in [5.41, 5.74) is 2.98. The molecule has 0 aromatic heterocycles. The van der Waals surface area contributed by atoms with Crippen molar-refractivity contribution in [2.75, 3.05) is 6.54 Å². The summed E-state index contributed by atoms with van der Waals surface area (Å²) in [5.74, 6) is -0.219. The second kappa shape index (κ2) is 7.26. The molecule has 0 spiro atoms. The highest BCUT2D eigenvalue weighted by atomic mass is 35.5. The molecule has 0 fully saturated rings. The van der Waals surface area contributed by atoms with Gasteiger partial charge in [-0.2, -0.15) is 0 Å². The summed E-state index contributed by atoms with van der Waals surface area (Å²) in [4.78, 5) is 0. The van der Waals surface area contributed by atoms with Crippen LogP contribution in [0.25, 0.3) is 0 Å². The summed E-state index contributed by atoms with van der Waals surface area (Å²) >= 11 is 12.4. The largest absolute Gasteiger partial charge is 0.310 e. The molecule has 0 aliphatic carbocycles. The van der Waals surface area contributed by atoms with Crippen LogP contribution >= 0.6 is 23.2 Å². The number of aryl methyl sites for hydroxylation is 1. The molecule has 1 nitrogen and oxygen atoms in total. The van der Waals surface area contributed by atoms with Gasteiger partial charge < -0.3 is 5.32 Å². The maximum Gasteiger partial charge on any atom is 0.123 e. The lowest BCUT2D eigenvalue weighted by atomic mass is 9.96. The van der Waals surface area contributed by atoms with E-state index in [2.05, 4.69) is 5.32 Å². The van der Waals surface area contributed by atoms with Crippen molar-refractivity contribution in [3.63, 3.8) is 0 Å². The third kappa shape index (κ3) is 4.19. The Bertz CT molecular complexity index is 628. The van der Waals surface area contributed by atoms with E-state index in [1.165, 1.54) is 6.07 Å². The van der Waals surface area contributed by atoms with Crippen molar-refractivity contribution in [2.45, 2.75) is 26.3 Å². The second-order valence-electron chi connectivity index (χ2n) is 5.05. The quantitative estimate of drug-likeness (QED) is 0.782. The summed E-state index contributed by atoms with van der Waals surface area (Å²) < 4.78 is 13.5. The van der Waals surface area contributed by atoms with Crippen LogP contribution in [0.1, 0.15) is 29.7 Å². The van der Waals surface area contributed by atoms with Gasteiger partial charge in [0.15, 0.2) is 0 Å². The van der Waals surface area contributed by atoms with E-state index in [0.717, 1.165) is 23.2 Å². The molecule has 0 saturated heterocycles. The molecule has 0 heterocycles. The van der Waals surface area contributed by atoms with Crippen molar-refractivity contribution in [3.8, 4) is 0 Å². The number of benzene rings is 2. The molecule has 21 heavy (non-hydrogen) atoms. The summed E-state index contributed by atoms with van der Waals surface area (Å²) in [5, 5.41) is 4.71. The normalized spacial score (nSPS) is 12.4. The SMILES string of the molecule is CCNC(Cc1cc(F)ccc1C)c1cc(Cl)ccc1Cl. The van der Waals surface area contributed by atoms with Gasteiger partial charge in [0.1, 0.15) is 5.82 Å². The Kier molecular flexibility index (Phi) is 5.63. The minimum atomic E-state index is -0.219. The van der Waals surface area contributed by atoms with Gasteiger partial charge in [0.2, 0.25) is 0 Å². The van der Waals surface area contributed by atoms with Crippen molar-refractivity contribution >= 4 is 23.2 Å². The van der Waals surface area contributed by atoms with Gasteiger partial charge in [-0.3, -0.25) is 0 Å². The van der Waals surface area contributed by atoms with Gasteiger partial charge >= 0.3 is 0 Å². The van der Waals surface area contributed by atoms with E-state index in [4.69, 9.17) is 23.2 Å². The summed E-state index contributed by atoms with van der Waals surface area (Å²) in [7, 11) is 0. The molecule has 1 unspecified atom stereocenters. The van der Waals surface area contributed by atoms with Gasteiger partial charge in [-0.15, -0.1) is 0 Å². The minimum absolute atomic E-state index is 0.00157. The molecule has 1 N–H and O–H groups in total. The van der Waals surface area contributed by atoms with Crippen molar-refractivity contribution < 1.29 is 4.39 Å². The number of halogens is 3. The molecule has 0 saturated carbocycles. The van der Waals surface area contributed by atoms with Gasteiger partial charge in [0.05, 0.1) is 0 Å². The van der Waals surface area contributed by atoms with Crippen LogP contribution in [0.3, 0.4) is 0 Å². The minimum Gasteiger partial charge on any atom is -0.310 e. The first-order chi connectivity index (χ1) is 10.0. The van der Waals surface area contributed by atoms with Crippen LogP contribution < -0.4 is 5.32 Å². The van der Waals surface area contributed by atoms with Crippen LogP contribution in [0.15, 0.2) is 36.4 Å². The average molecular weight is 326 g/mol. The summed E-state index contributed by atoms with van der Waals surface area (Å²) in [6, 6.07) is 10.3. The Morgan fingerprint density at radius 2 is 1.90 bits per heavy atom. The molecule has 0 radical (unpaired) electrons. The molecule has 2 aromatic rings. The van der Waals surface area contributed by atoms with Gasteiger partial charge in [0, 0.05) is 16.1 Å². The molecule has 0 aliphatic rings. The third-order valence-corrected chi connectivity index (χ3v) is 4.10. The van der Waals surface area contributed by atoms with Crippen LogP contribution in [-0.2, 0) is 6.42 Å². The van der Waals surface area contributed by atoms with E-state index >= 15 is 0 Å². The number of hydrogen-bond donors (Lipinski definition) is 1. The zero-order valence-corrected chi connectivity index (χ0v) is 13.6. The monoisotopic (exact) mass is 325 g/mol. The Morgan fingerprint density at radius 3 is 2.62 bits per heavy atom. The molecule has 0 bridgehead atoms. The smallest absolute Gasteiger partial charge is 0.123 e. The van der Waals surface area contributed by atoms with Gasteiger partial charge in [-0.1, -0.05) is 36.2 Å². The highest BCUT2D eigenvalue weighted by Gasteiger charge is 2.16. The maximum atomic E-state index is 13.5. The number of nitrogens with one attached hydrogen (secondary N) is 1. The predicted octanol–water partition coefficient (Wildman–Crippen LogP) is 5.33. The van der Waals surface area contributed by atoms with E-state index in [1.807, 2.05) is 19.9 Å².